The predicted octanol–water partition coefficient (Wildman–Crippen LogP) is 0.809. The van der Waals surface area contributed by atoms with E-state index in [1.807, 2.05) is 0 Å². The number of hydrogen-bond acceptors (Lipinski definition) is 4. The molecule has 1 aliphatic rings. The van der Waals surface area contributed by atoms with E-state index in [1.165, 1.54) is 0 Å². The summed E-state index contributed by atoms with van der Waals surface area (Å²) < 4.78 is 0. The second-order valence-corrected chi connectivity index (χ2v) is 3.81. The number of aromatic amines is 1. The summed E-state index contributed by atoms with van der Waals surface area (Å²) in [7, 11) is 0. The van der Waals surface area contributed by atoms with Crippen LogP contribution < -0.4 is 4.90 Å². The molecule has 0 radical (unpaired) electrons. The second-order valence-electron chi connectivity index (χ2n) is 3.81. The summed E-state index contributed by atoms with van der Waals surface area (Å²) in [4.78, 5) is 17.8. The lowest BCUT2D eigenvalue weighted by molar-refractivity contribution is 0.444. The Morgan fingerprint density at radius 2 is 2.21 bits per heavy atom. The maximum Gasteiger partial charge on any atom is 0.182 e. The monoisotopic (exact) mass is 189 g/mol. The number of imidazole rings is 1. The molecule has 0 saturated carbocycles. The highest BCUT2D eigenvalue weighted by atomic mass is 15.3. The number of H-pyrrole nitrogens is 1. The van der Waals surface area contributed by atoms with Crippen molar-refractivity contribution in [2.45, 2.75) is 6.92 Å². The second kappa shape index (κ2) is 2.67. The minimum atomic E-state index is 0.745. The molecule has 0 aliphatic carbocycles. The quantitative estimate of drug-likeness (QED) is 0.721. The van der Waals surface area contributed by atoms with E-state index < -0.39 is 0 Å². The van der Waals surface area contributed by atoms with E-state index in [0.717, 1.165) is 36.0 Å². The molecule has 1 N–H and O–H groups in total. The first-order chi connectivity index (χ1) is 6.84. The topological polar surface area (TPSA) is 57.7 Å². The molecule has 5 heteroatoms. The fourth-order valence-corrected chi connectivity index (χ4v) is 1.86. The highest BCUT2D eigenvalue weighted by molar-refractivity contribution is 5.83. The molecular weight excluding hydrogens is 178 g/mol. The first-order valence-corrected chi connectivity index (χ1v) is 4.73. The van der Waals surface area contributed by atoms with Crippen molar-refractivity contribution in [1.29, 1.82) is 0 Å². The average molecular weight is 189 g/mol. The van der Waals surface area contributed by atoms with Crippen molar-refractivity contribution in [2.24, 2.45) is 5.92 Å². The van der Waals surface area contributed by atoms with Gasteiger partial charge in [0, 0.05) is 13.1 Å². The molecule has 3 rings (SSSR count). The fraction of sp³-hybridized carbons (Fsp3) is 0.444. The number of aromatic nitrogens is 4. The predicted molar refractivity (Wildman–Crippen MR) is 53.1 cm³/mol. The van der Waals surface area contributed by atoms with Crippen LogP contribution in [-0.4, -0.2) is 33.0 Å². The van der Waals surface area contributed by atoms with E-state index in [9.17, 15) is 0 Å². The maximum atomic E-state index is 4.28. The first kappa shape index (κ1) is 7.73. The third-order valence-electron chi connectivity index (χ3n) is 2.57. The normalized spacial score (nSPS) is 17.4. The minimum absolute atomic E-state index is 0.745. The summed E-state index contributed by atoms with van der Waals surface area (Å²) in [6, 6.07) is 0. The third-order valence-corrected chi connectivity index (χ3v) is 2.57. The molecule has 5 nitrogen and oxygen atoms in total. The average Bonchev–Trinajstić information content (AvgIpc) is 2.60. The number of nitrogens with zero attached hydrogens (tertiary/aromatic N) is 4. The Kier molecular flexibility index (Phi) is 1.47. The van der Waals surface area contributed by atoms with E-state index in [1.54, 1.807) is 12.7 Å². The molecule has 14 heavy (non-hydrogen) atoms. The Morgan fingerprint density at radius 1 is 1.36 bits per heavy atom. The van der Waals surface area contributed by atoms with Gasteiger partial charge in [-0.2, -0.15) is 0 Å². The van der Waals surface area contributed by atoms with Crippen molar-refractivity contribution in [3.05, 3.63) is 12.7 Å². The Hall–Kier alpha value is -1.65. The Balaban J connectivity index is 2.07. The molecular formula is C9H11N5. The third kappa shape index (κ3) is 0.982. The molecule has 0 aromatic carbocycles. The van der Waals surface area contributed by atoms with Gasteiger partial charge in [-0.25, -0.2) is 15.0 Å². The molecule has 0 bridgehead atoms. The van der Waals surface area contributed by atoms with Gasteiger partial charge in [0.05, 0.1) is 6.33 Å². The van der Waals surface area contributed by atoms with Crippen LogP contribution in [0.4, 0.5) is 5.82 Å². The standard InChI is InChI=1S/C9H11N5/c1-6-2-14(3-6)9-7-8(11-4-10-7)12-5-13-9/h4-6H,2-3H2,1H3,(H,10,11,12,13). The van der Waals surface area contributed by atoms with Gasteiger partial charge in [0.2, 0.25) is 0 Å². The van der Waals surface area contributed by atoms with Crippen molar-refractivity contribution in [1.82, 2.24) is 19.9 Å². The van der Waals surface area contributed by atoms with E-state index >= 15 is 0 Å². The van der Waals surface area contributed by atoms with Crippen LogP contribution in [0.15, 0.2) is 12.7 Å². The van der Waals surface area contributed by atoms with E-state index in [4.69, 9.17) is 0 Å². The van der Waals surface area contributed by atoms with Crippen LogP contribution in [0.2, 0.25) is 0 Å². The highest BCUT2D eigenvalue weighted by Gasteiger charge is 2.25. The highest BCUT2D eigenvalue weighted by Crippen LogP contribution is 2.26. The summed E-state index contributed by atoms with van der Waals surface area (Å²) >= 11 is 0. The Morgan fingerprint density at radius 3 is 3.00 bits per heavy atom. The Labute approximate surface area is 81.2 Å². The fourth-order valence-electron chi connectivity index (χ4n) is 1.86. The van der Waals surface area contributed by atoms with Crippen molar-refractivity contribution >= 4 is 17.0 Å². The van der Waals surface area contributed by atoms with Gasteiger partial charge < -0.3 is 9.88 Å². The van der Waals surface area contributed by atoms with Crippen LogP contribution in [0.25, 0.3) is 11.2 Å². The van der Waals surface area contributed by atoms with Crippen molar-refractivity contribution < 1.29 is 0 Å². The number of hydrogen-bond donors (Lipinski definition) is 1. The summed E-state index contributed by atoms with van der Waals surface area (Å²) in [5.74, 6) is 1.74. The smallest absolute Gasteiger partial charge is 0.182 e. The van der Waals surface area contributed by atoms with Gasteiger partial charge in [-0.3, -0.25) is 0 Å². The van der Waals surface area contributed by atoms with Crippen molar-refractivity contribution in [2.75, 3.05) is 18.0 Å². The van der Waals surface area contributed by atoms with Crippen LogP contribution in [0.5, 0.6) is 0 Å². The zero-order valence-electron chi connectivity index (χ0n) is 7.94. The van der Waals surface area contributed by atoms with Gasteiger partial charge in [0.25, 0.3) is 0 Å². The van der Waals surface area contributed by atoms with Gasteiger partial charge in [0.1, 0.15) is 11.8 Å². The van der Waals surface area contributed by atoms with Gasteiger partial charge >= 0.3 is 0 Å². The molecule has 1 fully saturated rings. The zero-order chi connectivity index (χ0) is 9.54. The molecule has 0 spiro atoms. The van der Waals surface area contributed by atoms with Crippen LogP contribution in [0, 0.1) is 5.92 Å². The largest absolute Gasteiger partial charge is 0.354 e. The SMILES string of the molecule is CC1CN(c2ncnc3nc[nH]c23)C1. The van der Waals surface area contributed by atoms with Crippen LogP contribution in [-0.2, 0) is 0 Å². The summed E-state index contributed by atoms with van der Waals surface area (Å²) in [6.07, 6.45) is 3.23. The molecule has 0 unspecified atom stereocenters. The summed E-state index contributed by atoms with van der Waals surface area (Å²) in [5, 5.41) is 0. The molecule has 2 aromatic rings. The van der Waals surface area contributed by atoms with Gasteiger partial charge in [-0.05, 0) is 5.92 Å². The van der Waals surface area contributed by atoms with E-state index in [2.05, 4.69) is 31.8 Å². The van der Waals surface area contributed by atoms with Crippen LogP contribution >= 0.6 is 0 Å². The van der Waals surface area contributed by atoms with E-state index in [-0.39, 0.29) is 0 Å². The molecule has 1 saturated heterocycles. The maximum absolute atomic E-state index is 4.28. The molecule has 72 valence electrons. The lowest BCUT2D eigenvalue weighted by atomic mass is 10.0. The lowest BCUT2D eigenvalue weighted by Gasteiger charge is -2.38. The van der Waals surface area contributed by atoms with Crippen molar-refractivity contribution in [3.8, 4) is 0 Å². The molecule has 3 heterocycles. The number of anilines is 1. The van der Waals surface area contributed by atoms with Crippen molar-refractivity contribution in [3.63, 3.8) is 0 Å². The number of rotatable bonds is 1. The molecule has 0 atom stereocenters. The number of fused-ring (bicyclic) bond motifs is 1. The molecule has 0 amide bonds. The minimum Gasteiger partial charge on any atom is -0.354 e. The van der Waals surface area contributed by atoms with Gasteiger partial charge in [-0.1, -0.05) is 6.92 Å². The first-order valence-electron chi connectivity index (χ1n) is 4.73. The zero-order valence-corrected chi connectivity index (χ0v) is 7.94. The van der Waals surface area contributed by atoms with Crippen LogP contribution in [0.1, 0.15) is 6.92 Å². The lowest BCUT2D eigenvalue weighted by Crippen LogP contribution is -2.45. The summed E-state index contributed by atoms with van der Waals surface area (Å²) in [5.41, 5.74) is 1.69. The van der Waals surface area contributed by atoms with Crippen LogP contribution in [0.3, 0.4) is 0 Å². The molecule has 1 aliphatic heterocycles. The van der Waals surface area contributed by atoms with Gasteiger partial charge in [-0.15, -0.1) is 0 Å². The Bertz CT molecular complexity index is 457. The van der Waals surface area contributed by atoms with E-state index in [0.29, 0.717) is 0 Å². The molecule has 2 aromatic heterocycles. The number of nitrogens with one attached hydrogen (secondary N) is 1. The summed E-state index contributed by atoms with van der Waals surface area (Å²) in [6.45, 7) is 4.39. The van der Waals surface area contributed by atoms with Gasteiger partial charge in [0.15, 0.2) is 11.5 Å².